The average Bonchev–Trinajstić information content (AvgIpc) is 2.41. The minimum Gasteiger partial charge on any atom is -0.300 e. The molecule has 0 saturated carbocycles. The van der Waals surface area contributed by atoms with Crippen LogP contribution >= 0.6 is 0 Å². The second-order valence-electron chi connectivity index (χ2n) is 4.89. The lowest BCUT2D eigenvalue weighted by Gasteiger charge is -2.07. The quantitative estimate of drug-likeness (QED) is 0.686. The molecule has 0 fully saturated rings. The maximum Gasteiger partial charge on any atom is 0.141 e. The standard InChI is InChI=1S/C11H12O.C5H10O.C3H8/c1-3-11(9(2)12)10-7-5-4-6-8-10;1-3-4-5(2)6;1-3-2/h3-8,11H,1H2,2H3;3-4H2,1-2H3;3H2,1-2H3/t11-;;/m1../s1. The van der Waals surface area contributed by atoms with Crippen molar-refractivity contribution in [1.29, 1.82) is 0 Å². The molecule has 0 aliphatic rings. The van der Waals surface area contributed by atoms with Crippen LogP contribution in [-0.4, -0.2) is 11.6 Å². The molecule has 0 aliphatic carbocycles. The summed E-state index contributed by atoms with van der Waals surface area (Å²) in [6.45, 7) is 13.1. The summed E-state index contributed by atoms with van der Waals surface area (Å²) >= 11 is 0. The smallest absolute Gasteiger partial charge is 0.141 e. The number of ketones is 2. The molecule has 1 aromatic rings. The number of rotatable bonds is 5. The number of carbonyl (C=O) groups excluding carboxylic acids is 2. The highest BCUT2D eigenvalue weighted by Gasteiger charge is 2.10. The summed E-state index contributed by atoms with van der Waals surface area (Å²) in [5, 5.41) is 0. The predicted molar refractivity (Wildman–Crippen MR) is 91.6 cm³/mol. The van der Waals surface area contributed by atoms with E-state index in [4.69, 9.17) is 0 Å². The predicted octanol–water partition coefficient (Wildman–Crippen LogP) is 5.34. The van der Waals surface area contributed by atoms with E-state index in [0.29, 0.717) is 0 Å². The van der Waals surface area contributed by atoms with E-state index in [2.05, 4.69) is 20.4 Å². The first-order valence-electron chi connectivity index (χ1n) is 7.61. The van der Waals surface area contributed by atoms with Crippen LogP contribution in [0.3, 0.4) is 0 Å². The van der Waals surface area contributed by atoms with Crippen LogP contribution in [-0.2, 0) is 9.59 Å². The van der Waals surface area contributed by atoms with Crippen LogP contribution in [0, 0.1) is 0 Å². The molecular formula is C19H30O2. The Morgan fingerprint density at radius 3 is 1.81 bits per heavy atom. The summed E-state index contributed by atoms with van der Waals surface area (Å²) in [5.41, 5.74) is 1.01. The van der Waals surface area contributed by atoms with Crippen LogP contribution in [0.1, 0.15) is 65.4 Å². The lowest BCUT2D eigenvalue weighted by molar-refractivity contribution is -0.118. The summed E-state index contributed by atoms with van der Waals surface area (Å²) < 4.78 is 0. The van der Waals surface area contributed by atoms with Gasteiger partial charge < -0.3 is 4.79 Å². The third-order valence-electron chi connectivity index (χ3n) is 2.43. The van der Waals surface area contributed by atoms with Crippen molar-refractivity contribution < 1.29 is 9.59 Å². The lowest BCUT2D eigenvalue weighted by atomic mass is 9.96. The first-order chi connectivity index (χ1) is 9.94. The van der Waals surface area contributed by atoms with Crippen LogP contribution in [0.5, 0.6) is 0 Å². The highest BCUT2D eigenvalue weighted by Crippen LogP contribution is 2.16. The molecular weight excluding hydrogens is 260 g/mol. The van der Waals surface area contributed by atoms with Gasteiger partial charge in [-0.25, -0.2) is 0 Å². The van der Waals surface area contributed by atoms with Gasteiger partial charge in [-0.3, -0.25) is 4.79 Å². The Morgan fingerprint density at radius 2 is 1.57 bits per heavy atom. The third-order valence-corrected chi connectivity index (χ3v) is 2.43. The number of hydrogen-bond acceptors (Lipinski definition) is 2. The molecule has 21 heavy (non-hydrogen) atoms. The number of carbonyl (C=O) groups is 2. The highest BCUT2D eigenvalue weighted by molar-refractivity contribution is 5.85. The minimum atomic E-state index is -0.147. The van der Waals surface area contributed by atoms with Gasteiger partial charge in [0.2, 0.25) is 0 Å². The van der Waals surface area contributed by atoms with Crippen molar-refractivity contribution in [3.05, 3.63) is 48.6 Å². The van der Waals surface area contributed by atoms with Gasteiger partial charge in [0.05, 0.1) is 5.92 Å². The molecule has 0 bridgehead atoms. The summed E-state index contributed by atoms with van der Waals surface area (Å²) in [7, 11) is 0. The Morgan fingerprint density at radius 1 is 1.10 bits per heavy atom. The SMILES string of the molecule is C=C[C@H](C(C)=O)c1ccccc1.CCC.CCCC(C)=O. The highest BCUT2D eigenvalue weighted by atomic mass is 16.1. The van der Waals surface area contributed by atoms with E-state index in [1.54, 1.807) is 19.9 Å². The monoisotopic (exact) mass is 290 g/mol. The fourth-order valence-corrected chi connectivity index (χ4v) is 1.55. The Labute approximate surface area is 130 Å². The van der Waals surface area contributed by atoms with Crippen molar-refractivity contribution in [2.75, 3.05) is 0 Å². The molecule has 1 rings (SSSR count). The molecule has 2 heteroatoms. The first kappa shape index (κ1) is 21.6. The van der Waals surface area contributed by atoms with Gasteiger partial charge in [0, 0.05) is 6.42 Å². The van der Waals surface area contributed by atoms with Gasteiger partial charge in [0.25, 0.3) is 0 Å². The molecule has 0 spiro atoms. The van der Waals surface area contributed by atoms with Crippen LogP contribution in [0.25, 0.3) is 0 Å². The number of benzene rings is 1. The van der Waals surface area contributed by atoms with Gasteiger partial charge >= 0.3 is 0 Å². The van der Waals surface area contributed by atoms with Crippen molar-refractivity contribution in [2.45, 2.75) is 59.8 Å². The van der Waals surface area contributed by atoms with E-state index >= 15 is 0 Å². The average molecular weight is 290 g/mol. The van der Waals surface area contributed by atoms with Crippen molar-refractivity contribution in [3.8, 4) is 0 Å². The van der Waals surface area contributed by atoms with Crippen molar-refractivity contribution in [3.63, 3.8) is 0 Å². The van der Waals surface area contributed by atoms with Gasteiger partial charge in [0.15, 0.2) is 0 Å². The fraction of sp³-hybridized carbons (Fsp3) is 0.474. The molecule has 1 atom stereocenters. The fourth-order valence-electron chi connectivity index (χ4n) is 1.55. The van der Waals surface area contributed by atoms with Gasteiger partial charge in [-0.2, -0.15) is 0 Å². The lowest BCUT2D eigenvalue weighted by Crippen LogP contribution is -2.04. The largest absolute Gasteiger partial charge is 0.300 e. The third kappa shape index (κ3) is 13.1. The second kappa shape index (κ2) is 14.7. The molecule has 1 aromatic carbocycles. The number of Topliss-reactive ketones (excluding diaryl/α,β-unsaturated/α-hetero) is 2. The molecule has 0 aromatic heterocycles. The van der Waals surface area contributed by atoms with E-state index in [1.165, 1.54) is 6.42 Å². The van der Waals surface area contributed by atoms with E-state index in [0.717, 1.165) is 18.4 Å². The molecule has 0 N–H and O–H groups in total. The van der Waals surface area contributed by atoms with Crippen molar-refractivity contribution in [1.82, 2.24) is 0 Å². The maximum atomic E-state index is 11.1. The molecule has 0 heterocycles. The Kier molecular flexibility index (Phi) is 15.1. The van der Waals surface area contributed by atoms with Crippen LogP contribution in [0.4, 0.5) is 0 Å². The molecule has 0 saturated heterocycles. The first-order valence-corrected chi connectivity index (χ1v) is 7.61. The van der Waals surface area contributed by atoms with E-state index in [-0.39, 0.29) is 17.5 Å². The van der Waals surface area contributed by atoms with E-state index in [1.807, 2.05) is 37.3 Å². The Bertz CT molecular complexity index is 393. The topological polar surface area (TPSA) is 34.1 Å². The normalized spacial score (nSPS) is 10.1. The summed E-state index contributed by atoms with van der Waals surface area (Å²) in [5.74, 6) is 0.278. The summed E-state index contributed by atoms with van der Waals surface area (Å²) in [4.78, 5) is 21.1. The minimum absolute atomic E-state index is 0.135. The van der Waals surface area contributed by atoms with E-state index < -0.39 is 0 Å². The van der Waals surface area contributed by atoms with Crippen LogP contribution < -0.4 is 0 Å². The molecule has 2 nitrogen and oxygen atoms in total. The van der Waals surface area contributed by atoms with Gasteiger partial charge in [-0.1, -0.05) is 63.6 Å². The molecule has 0 unspecified atom stereocenters. The zero-order valence-corrected chi connectivity index (χ0v) is 14.2. The summed E-state index contributed by atoms with van der Waals surface area (Å²) in [6, 6.07) is 9.66. The molecule has 0 aliphatic heterocycles. The Balaban J connectivity index is 0. The zero-order chi connectivity index (χ0) is 16.7. The van der Waals surface area contributed by atoms with E-state index in [9.17, 15) is 9.59 Å². The number of hydrogen-bond donors (Lipinski definition) is 0. The summed E-state index contributed by atoms with van der Waals surface area (Å²) in [6.07, 6.45) is 4.65. The number of allylic oxidation sites excluding steroid dienone is 1. The zero-order valence-electron chi connectivity index (χ0n) is 14.2. The van der Waals surface area contributed by atoms with Crippen molar-refractivity contribution in [2.24, 2.45) is 0 Å². The van der Waals surface area contributed by atoms with Gasteiger partial charge in [0.1, 0.15) is 11.6 Å². The van der Waals surface area contributed by atoms with Crippen LogP contribution in [0.15, 0.2) is 43.0 Å². The van der Waals surface area contributed by atoms with Gasteiger partial charge in [-0.05, 0) is 25.8 Å². The second-order valence-corrected chi connectivity index (χ2v) is 4.89. The molecule has 0 radical (unpaired) electrons. The molecule has 118 valence electrons. The Hall–Kier alpha value is -1.70. The van der Waals surface area contributed by atoms with Crippen LogP contribution in [0.2, 0.25) is 0 Å². The van der Waals surface area contributed by atoms with Gasteiger partial charge in [-0.15, -0.1) is 6.58 Å². The van der Waals surface area contributed by atoms with Crippen molar-refractivity contribution >= 4 is 11.6 Å². The molecule has 0 amide bonds. The maximum absolute atomic E-state index is 11.1.